The number of rotatable bonds is 7. The predicted octanol–water partition coefficient (Wildman–Crippen LogP) is 4.71. The molecule has 2 aromatic carbocycles. The van der Waals surface area contributed by atoms with Crippen molar-refractivity contribution in [1.29, 1.82) is 0 Å². The Bertz CT molecular complexity index is 1540. The minimum absolute atomic E-state index is 0.0199. The summed E-state index contributed by atoms with van der Waals surface area (Å²) < 4.78 is 70.4. The fourth-order valence-electron chi connectivity index (χ4n) is 6.22. The number of anilines is 2. The van der Waals surface area contributed by atoms with Gasteiger partial charge in [-0.1, -0.05) is 24.6 Å². The molecule has 0 saturated carbocycles. The van der Waals surface area contributed by atoms with Crippen molar-refractivity contribution in [3.63, 3.8) is 0 Å². The summed E-state index contributed by atoms with van der Waals surface area (Å²) in [5, 5.41) is 3.17. The van der Waals surface area contributed by atoms with Gasteiger partial charge in [0.15, 0.2) is 0 Å². The highest BCUT2D eigenvalue weighted by molar-refractivity contribution is 7.89. The van der Waals surface area contributed by atoms with Crippen molar-refractivity contribution in [2.75, 3.05) is 42.9 Å². The molecule has 3 aliphatic rings. The first-order valence-electron chi connectivity index (χ1n) is 14.6. The van der Waals surface area contributed by atoms with Crippen LogP contribution in [-0.2, 0) is 29.5 Å². The van der Waals surface area contributed by atoms with Crippen LogP contribution in [0, 0.1) is 17.5 Å². The third-order valence-corrected chi connectivity index (χ3v) is 10.5. The zero-order valence-electron chi connectivity index (χ0n) is 23.4. The molecule has 12 heteroatoms. The van der Waals surface area contributed by atoms with Crippen LogP contribution in [-0.4, -0.2) is 66.4 Å². The Balaban J connectivity index is 1.27. The quantitative estimate of drug-likeness (QED) is 0.421. The summed E-state index contributed by atoms with van der Waals surface area (Å²) in [7, 11) is -4.12. The molecular weight excluding hydrogens is 565 g/mol. The van der Waals surface area contributed by atoms with Crippen molar-refractivity contribution in [1.82, 2.24) is 19.2 Å². The summed E-state index contributed by atoms with van der Waals surface area (Å²) in [6.45, 7) is 4.02. The summed E-state index contributed by atoms with van der Waals surface area (Å²) in [5.41, 5.74) is 1.52. The predicted molar refractivity (Wildman–Crippen MR) is 154 cm³/mol. The Labute approximate surface area is 244 Å². The van der Waals surface area contributed by atoms with E-state index in [1.54, 1.807) is 0 Å². The number of hydrogen-bond donors (Lipinski definition) is 1. The minimum Gasteiger partial charge on any atom is -0.365 e. The lowest BCUT2D eigenvalue weighted by molar-refractivity contribution is 0.141. The lowest BCUT2D eigenvalue weighted by atomic mass is 10.00. The van der Waals surface area contributed by atoms with Crippen LogP contribution in [0.3, 0.4) is 0 Å². The Morgan fingerprint density at radius 2 is 1.64 bits per heavy atom. The molecule has 0 radical (unpaired) electrons. The van der Waals surface area contributed by atoms with Gasteiger partial charge in [0, 0.05) is 62.4 Å². The highest BCUT2D eigenvalue weighted by Crippen LogP contribution is 2.32. The smallest absolute Gasteiger partial charge is 0.246 e. The first-order chi connectivity index (χ1) is 20.3. The Hall–Kier alpha value is -3.22. The summed E-state index contributed by atoms with van der Waals surface area (Å²) in [5.74, 6) is -1.22. The standard InChI is InChI=1S/C30H35F3N6O2S/c31-22-9-8-21(26(33)18-22)19-34-29-24-20-39(42(40,41)28-7-3-2-6-25(28)32)17-12-27(24)35-30(36-29)38-15-10-23(11-16-38)37-13-4-1-5-14-37/h2-3,6-9,18,23H,1,4-5,10-17,19-20H2,(H,34,35,36). The van der Waals surface area contributed by atoms with E-state index in [1.807, 2.05) is 0 Å². The number of aromatic nitrogens is 2. The molecule has 224 valence electrons. The first kappa shape index (κ1) is 28.9. The van der Waals surface area contributed by atoms with Crippen LogP contribution in [0.15, 0.2) is 47.4 Å². The van der Waals surface area contributed by atoms with E-state index in [4.69, 9.17) is 9.97 Å². The molecule has 1 aromatic heterocycles. The SMILES string of the molecule is O=S(=O)(c1ccccc1F)N1CCc2nc(N3CCC(N4CCCCC4)CC3)nc(NCc3ccc(F)cc3F)c2C1. The van der Waals surface area contributed by atoms with E-state index in [2.05, 4.69) is 15.1 Å². The van der Waals surface area contributed by atoms with Gasteiger partial charge in [0.25, 0.3) is 0 Å². The molecule has 8 nitrogen and oxygen atoms in total. The van der Waals surface area contributed by atoms with Crippen LogP contribution >= 0.6 is 0 Å². The minimum atomic E-state index is -4.12. The van der Waals surface area contributed by atoms with Crippen molar-refractivity contribution in [3.05, 3.63) is 76.7 Å². The number of sulfonamides is 1. The van der Waals surface area contributed by atoms with Gasteiger partial charge in [0.05, 0.1) is 5.69 Å². The second kappa shape index (κ2) is 12.2. The van der Waals surface area contributed by atoms with E-state index in [9.17, 15) is 21.6 Å². The average Bonchev–Trinajstić information content (AvgIpc) is 3.01. The van der Waals surface area contributed by atoms with Gasteiger partial charge in [-0.05, 0) is 57.0 Å². The molecule has 0 spiro atoms. The lowest BCUT2D eigenvalue weighted by Gasteiger charge is -2.40. The normalized spacial score (nSPS) is 19.1. The maximum atomic E-state index is 14.5. The van der Waals surface area contributed by atoms with Crippen molar-refractivity contribution in [2.24, 2.45) is 0 Å². The highest BCUT2D eigenvalue weighted by Gasteiger charge is 2.34. The number of benzene rings is 2. The monoisotopic (exact) mass is 600 g/mol. The first-order valence-corrected chi connectivity index (χ1v) is 16.0. The number of likely N-dealkylation sites (tertiary alicyclic amines) is 1. The number of hydrogen-bond acceptors (Lipinski definition) is 7. The number of nitrogens with one attached hydrogen (secondary N) is 1. The van der Waals surface area contributed by atoms with E-state index >= 15 is 0 Å². The van der Waals surface area contributed by atoms with Crippen LogP contribution in [0.2, 0.25) is 0 Å². The van der Waals surface area contributed by atoms with Crippen LogP contribution in [0.4, 0.5) is 24.9 Å². The summed E-state index contributed by atoms with van der Waals surface area (Å²) in [4.78, 5) is 14.1. The molecule has 4 heterocycles. The van der Waals surface area contributed by atoms with Crippen LogP contribution in [0.1, 0.15) is 48.9 Å². The zero-order valence-corrected chi connectivity index (χ0v) is 24.2. The summed E-state index contributed by atoms with van der Waals surface area (Å²) in [6, 6.07) is 9.25. The van der Waals surface area contributed by atoms with Gasteiger partial charge < -0.3 is 15.1 Å². The van der Waals surface area contributed by atoms with E-state index in [0.717, 1.165) is 51.2 Å². The van der Waals surface area contributed by atoms with Gasteiger partial charge in [-0.3, -0.25) is 0 Å². The molecule has 3 aromatic rings. The molecule has 42 heavy (non-hydrogen) atoms. The van der Waals surface area contributed by atoms with Crippen molar-refractivity contribution >= 4 is 21.8 Å². The zero-order chi connectivity index (χ0) is 29.3. The average molecular weight is 601 g/mol. The van der Waals surface area contributed by atoms with Gasteiger partial charge in [0.2, 0.25) is 16.0 Å². The maximum absolute atomic E-state index is 14.5. The van der Waals surface area contributed by atoms with Gasteiger partial charge in [-0.25, -0.2) is 26.6 Å². The van der Waals surface area contributed by atoms with E-state index in [-0.39, 0.29) is 30.1 Å². The van der Waals surface area contributed by atoms with E-state index < -0.39 is 27.5 Å². The molecule has 2 fully saturated rings. The van der Waals surface area contributed by atoms with E-state index in [1.165, 1.54) is 53.9 Å². The summed E-state index contributed by atoms with van der Waals surface area (Å²) in [6.07, 6.45) is 6.15. The molecule has 6 rings (SSSR count). The van der Waals surface area contributed by atoms with Gasteiger partial charge in [-0.2, -0.15) is 9.29 Å². The molecule has 0 atom stereocenters. The van der Waals surface area contributed by atoms with Crippen LogP contribution < -0.4 is 10.2 Å². The fourth-order valence-corrected chi connectivity index (χ4v) is 7.69. The third-order valence-electron chi connectivity index (χ3n) is 8.58. The van der Waals surface area contributed by atoms with Gasteiger partial charge in [0.1, 0.15) is 28.2 Å². The second-order valence-corrected chi connectivity index (χ2v) is 13.1. The molecule has 0 aliphatic carbocycles. The Morgan fingerprint density at radius 3 is 2.38 bits per heavy atom. The van der Waals surface area contributed by atoms with E-state index in [0.29, 0.717) is 35.5 Å². The molecule has 0 amide bonds. The maximum Gasteiger partial charge on any atom is 0.246 e. The highest BCUT2D eigenvalue weighted by atomic mass is 32.2. The lowest BCUT2D eigenvalue weighted by Crippen LogP contribution is -2.47. The Morgan fingerprint density at radius 1 is 0.881 bits per heavy atom. The van der Waals surface area contributed by atoms with Gasteiger partial charge in [-0.15, -0.1) is 0 Å². The third kappa shape index (κ3) is 5.97. The number of nitrogens with zero attached hydrogens (tertiary/aromatic N) is 5. The molecule has 0 unspecified atom stereocenters. The van der Waals surface area contributed by atoms with Crippen molar-refractivity contribution in [3.8, 4) is 0 Å². The fraction of sp³-hybridized carbons (Fsp3) is 0.467. The Kier molecular flexibility index (Phi) is 8.37. The second-order valence-electron chi connectivity index (χ2n) is 11.2. The number of piperidine rings is 2. The van der Waals surface area contributed by atoms with Gasteiger partial charge >= 0.3 is 0 Å². The molecule has 1 N–H and O–H groups in total. The van der Waals surface area contributed by atoms with Crippen molar-refractivity contribution < 1.29 is 21.6 Å². The topological polar surface area (TPSA) is 81.7 Å². The largest absolute Gasteiger partial charge is 0.365 e. The number of fused-ring (bicyclic) bond motifs is 1. The van der Waals surface area contributed by atoms with Crippen LogP contribution in [0.5, 0.6) is 0 Å². The number of halogens is 3. The molecule has 2 saturated heterocycles. The van der Waals surface area contributed by atoms with Crippen molar-refractivity contribution in [2.45, 2.75) is 62.6 Å². The molecular formula is C30H35F3N6O2S. The molecule has 0 bridgehead atoms. The summed E-state index contributed by atoms with van der Waals surface area (Å²) >= 11 is 0. The van der Waals surface area contributed by atoms with Crippen LogP contribution in [0.25, 0.3) is 0 Å². The molecule has 3 aliphatic heterocycles.